The van der Waals surface area contributed by atoms with Gasteiger partial charge in [-0.2, -0.15) is 0 Å². The lowest BCUT2D eigenvalue weighted by atomic mass is 10.2. The molecule has 0 fully saturated rings. The Morgan fingerprint density at radius 1 is 1.36 bits per heavy atom. The minimum atomic E-state index is -0.389. The number of benzene rings is 1. The van der Waals surface area contributed by atoms with Crippen LogP contribution in [0.25, 0.3) is 11.5 Å². The van der Waals surface area contributed by atoms with E-state index in [0.29, 0.717) is 16.5 Å². The molecule has 2 rings (SSSR count). The maximum atomic E-state index is 12.9. The summed E-state index contributed by atoms with van der Waals surface area (Å²) in [5, 5.41) is 7.77. The summed E-state index contributed by atoms with van der Waals surface area (Å²) < 4.78 is 18.0. The fraction of sp³-hybridized carbons (Fsp3) is 0.111. The third-order valence-electron chi connectivity index (χ3n) is 1.68. The molecule has 0 amide bonds. The van der Waals surface area contributed by atoms with Crippen LogP contribution in [0.3, 0.4) is 0 Å². The molecule has 3 nitrogen and oxygen atoms in total. The fourth-order valence-corrected chi connectivity index (χ4v) is 1.27. The van der Waals surface area contributed by atoms with E-state index in [4.69, 9.17) is 16.0 Å². The minimum Gasteiger partial charge on any atom is -0.421 e. The summed E-state index contributed by atoms with van der Waals surface area (Å²) in [5.74, 6) is 0.257. The zero-order chi connectivity index (χ0) is 10.1. The Labute approximate surface area is 84.5 Å². The Bertz CT molecular complexity index is 470. The molecule has 0 bridgehead atoms. The number of nitrogens with zero attached hydrogens (tertiary/aromatic N) is 2. The Morgan fingerprint density at radius 3 is 2.79 bits per heavy atom. The van der Waals surface area contributed by atoms with Gasteiger partial charge in [0.25, 0.3) is 0 Å². The molecule has 2 aromatic rings. The van der Waals surface area contributed by atoms with Crippen LogP contribution in [0.4, 0.5) is 4.39 Å². The lowest BCUT2D eigenvalue weighted by Crippen LogP contribution is -1.82. The van der Waals surface area contributed by atoms with E-state index < -0.39 is 0 Å². The van der Waals surface area contributed by atoms with Gasteiger partial charge in [0.1, 0.15) is 5.82 Å². The third kappa shape index (κ3) is 1.61. The van der Waals surface area contributed by atoms with E-state index >= 15 is 0 Å². The zero-order valence-corrected chi connectivity index (χ0v) is 8.05. The molecule has 1 aromatic heterocycles. The molecule has 0 N–H and O–H groups in total. The normalized spacial score (nSPS) is 10.5. The Morgan fingerprint density at radius 2 is 2.14 bits per heavy atom. The summed E-state index contributed by atoms with van der Waals surface area (Å²) in [6, 6.07) is 3.98. The maximum Gasteiger partial charge on any atom is 0.249 e. The summed E-state index contributed by atoms with van der Waals surface area (Å²) in [4.78, 5) is 0. The molecule has 1 heterocycles. The first-order valence-electron chi connectivity index (χ1n) is 3.92. The van der Waals surface area contributed by atoms with E-state index in [0.717, 1.165) is 0 Å². The molecular weight excluding hydrogens is 207 g/mol. The van der Waals surface area contributed by atoms with Gasteiger partial charge in [0.15, 0.2) is 0 Å². The number of aryl methyl sites for hydroxylation is 1. The van der Waals surface area contributed by atoms with Crippen molar-refractivity contribution < 1.29 is 8.81 Å². The van der Waals surface area contributed by atoms with E-state index in [1.54, 1.807) is 6.92 Å². The Kier molecular flexibility index (Phi) is 2.21. The molecule has 0 saturated heterocycles. The summed E-state index contributed by atoms with van der Waals surface area (Å²) in [6.07, 6.45) is 0. The summed E-state index contributed by atoms with van der Waals surface area (Å²) in [7, 11) is 0. The van der Waals surface area contributed by atoms with Gasteiger partial charge in [0, 0.05) is 6.92 Å². The summed E-state index contributed by atoms with van der Waals surface area (Å²) >= 11 is 5.85. The van der Waals surface area contributed by atoms with Crippen LogP contribution in [0.5, 0.6) is 0 Å². The van der Waals surface area contributed by atoms with Crippen LogP contribution in [-0.2, 0) is 0 Å². The second kappa shape index (κ2) is 3.38. The standard InChI is InChI=1S/C9H6ClFN2O/c1-5-12-13-9(14-5)7-4-6(11)2-3-8(7)10/h2-4H,1H3. The van der Waals surface area contributed by atoms with Gasteiger partial charge >= 0.3 is 0 Å². The minimum absolute atomic E-state index is 0.229. The van der Waals surface area contributed by atoms with Crippen molar-refractivity contribution in [2.75, 3.05) is 0 Å². The average Bonchev–Trinajstić information content (AvgIpc) is 2.56. The predicted octanol–water partition coefficient (Wildman–Crippen LogP) is 2.84. The first-order chi connectivity index (χ1) is 6.66. The zero-order valence-electron chi connectivity index (χ0n) is 7.29. The van der Waals surface area contributed by atoms with Crippen LogP contribution in [-0.4, -0.2) is 10.2 Å². The van der Waals surface area contributed by atoms with Gasteiger partial charge in [-0.05, 0) is 18.2 Å². The molecule has 0 saturated carbocycles. The highest BCUT2D eigenvalue weighted by molar-refractivity contribution is 6.33. The van der Waals surface area contributed by atoms with Crippen LogP contribution in [0, 0.1) is 12.7 Å². The van der Waals surface area contributed by atoms with Crippen molar-refractivity contribution in [3.05, 3.63) is 34.9 Å². The number of hydrogen-bond acceptors (Lipinski definition) is 3. The van der Waals surface area contributed by atoms with Crippen molar-refractivity contribution in [2.45, 2.75) is 6.92 Å². The average molecular weight is 213 g/mol. The molecular formula is C9H6ClFN2O. The topological polar surface area (TPSA) is 38.9 Å². The highest BCUT2D eigenvalue weighted by Gasteiger charge is 2.10. The lowest BCUT2D eigenvalue weighted by Gasteiger charge is -1.97. The lowest BCUT2D eigenvalue weighted by molar-refractivity contribution is 0.532. The first-order valence-corrected chi connectivity index (χ1v) is 4.30. The molecule has 0 aliphatic carbocycles. The SMILES string of the molecule is Cc1nnc(-c2cc(F)ccc2Cl)o1. The van der Waals surface area contributed by atoms with Crippen molar-refractivity contribution in [3.63, 3.8) is 0 Å². The first kappa shape index (κ1) is 9.15. The molecule has 0 spiro atoms. The quantitative estimate of drug-likeness (QED) is 0.730. The second-order valence-corrected chi connectivity index (χ2v) is 3.16. The molecule has 14 heavy (non-hydrogen) atoms. The van der Waals surface area contributed by atoms with E-state index in [9.17, 15) is 4.39 Å². The van der Waals surface area contributed by atoms with Gasteiger partial charge in [-0.3, -0.25) is 0 Å². The van der Waals surface area contributed by atoms with Gasteiger partial charge < -0.3 is 4.42 Å². The summed E-state index contributed by atoms with van der Waals surface area (Å²) in [6.45, 7) is 1.66. The molecule has 5 heteroatoms. The highest BCUT2D eigenvalue weighted by Crippen LogP contribution is 2.27. The molecule has 0 aliphatic heterocycles. The Hall–Kier alpha value is -1.42. The van der Waals surface area contributed by atoms with Gasteiger partial charge in [-0.1, -0.05) is 11.6 Å². The third-order valence-corrected chi connectivity index (χ3v) is 2.01. The van der Waals surface area contributed by atoms with Crippen LogP contribution >= 0.6 is 11.6 Å². The van der Waals surface area contributed by atoms with Crippen LogP contribution in [0.2, 0.25) is 5.02 Å². The van der Waals surface area contributed by atoms with E-state index in [1.807, 2.05) is 0 Å². The van der Waals surface area contributed by atoms with Gasteiger partial charge in [-0.25, -0.2) is 4.39 Å². The predicted molar refractivity (Wildman–Crippen MR) is 49.4 cm³/mol. The van der Waals surface area contributed by atoms with Crippen molar-refractivity contribution in [3.8, 4) is 11.5 Å². The number of halogens is 2. The van der Waals surface area contributed by atoms with Gasteiger partial charge in [-0.15, -0.1) is 10.2 Å². The number of hydrogen-bond donors (Lipinski definition) is 0. The van der Waals surface area contributed by atoms with E-state index in [-0.39, 0.29) is 11.7 Å². The molecule has 1 aromatic carbocycles. The molecule has 0 radical (unpaired) electrons. The van der Waals surface area contributed by atoms with E-state index in [2.05, 4.69) is 10.2 Å². The van der Waals surface area contributed by atoms with Crippen molar-refractivity contribution in [1.29, 1.82) is 0 Å². The van der Waals surface area contributed by atoms with Crippen molar-refractivity contribution >= 4 is 11.6 Å². The van der Waals surface area contributed by atoms with Gasteiger partial charge in [0.2, 0.25) is 11.8 Å². The molecule has 0 atom stereocenters. The number of rotatable bonds is 1. The Balaban J connectivity index is 2.55. The molecule has 0 unspecified atom stereocenters. The maximum absolute atomic E-state index is 12.9. The smallest absolute Gasteiger partial charge is 0.249 e. The monoisotopic (exact) mass is 212 g/mol. The molecule has 0 aliphatic rings. The second-order valence-electron chi connectivity index (χ2n) is 2.75. The van der Waals surface area contributed by atoms with Crippen LogP contribution in [0.1, 0.15) is 5.89 Å². The largest absolute Gasteiger partial charge is 0.421 e. The summed E-state index contributed by atoms with van der Waals surface area (Å²) in [5.41, 5.74) is 0.410. The fourth-order valence-electron chi connectivity index (χ4n) is 1.07. The van der Waals surface area contributed by atoms with Gasteiger partial charge in [0.05, 0.1) is 10.6 Å². The number of aromatic nitrogens is 2. The van der Waals surface area contributed by atoms with Crippen molar-refractivity contribution in [2.24, 2.45) is 0 Å². The molecule has 72 valence electrons. The van der Waals surface area contributed by atoms with E-state index in [1.165, 1.54) is 18.2 Å². The highest BCUT2D eigenvalue weighted by atomic mass is 35.5. The van der Waals surface area contributed by atoms with Crippen LogP contribution in [0.15, 0.2) is 22.6 Å². The van der Waals surface area contributed by atoms with Crippen molar-refractivity contribution in [1.82, 2.24) is 10.2 Å². The van der Waals surface area contributed by atoms with Crippen LogP contribution < -0.4 is 0 Å².